The Labute approximate surface area is 107 Å². The molecule has 6 nitrogen and oxygen atoms in total. The smallest absolute Gasteiger partial charge is 0.410 e. The zero-order valence-electron chi connectivity index (χ0n) is 10.8. The van der Waals surface area contributed by atoms with Crippen molar-refractivity contribution in [2.45, 2.75) is 37.5 Å². The van der Waals surface area contributed by atoms with Crippen LogP contribution in [0.1, 0.15) is 19.3 Å². The maximum Gasteiger partial charge on any atom is 0.410 e. The van der Waals surface area contributed by atoms with Crippen LogP contribution in [0.15, 0.2) is 0 Å². The minimum Gasteiger partial charge on any atom is -0.446 e. The van der Waals surface area contributed by atoms with Crippen LogP contribution in [0.2, 0.25) is 0 Å². The van der Waals surface area contributed by atoms with Crippen molar-refractivity contribution in [3.63, 3.8) is 0 Å². The zero-order valence-corrected chi connectivity index (χ0v) is 10.8. The number of amides is 1. The van der Waals surface area contributed by atoms with Crippen molar-refractivity contribution in [2.24, 2.45) is 0 Å². The van der Waals surface area contributed by atoms with Gasteiger partial charge in [-0.3, -0.25) is 10.3 Å². The Morgan fingerprint density at radius 2 is 1.94 bits per heavy atom. The Morgan fingerprint density at radius 3 is 2.56 bits per heavy atom. The number of piperidine rings is 1. The van der Waals surface area contributed by atoms with Crippen molar-refractivity contribution in [1.82, 2.24) is 15.3 Å². The summed E-state index contributed by atoms with van der Waals surface area (Å²) >= 11 is 0. The number of piperazine rings is 1. The molecule has 4 saturated heterocycles. The van der Waals surface area contributed by atoms with E-state index in [0.29, 0.717) is 25.3 Å². The summed E-state index contributed by atoms with van der Waals surface area (Å²) < 4.78 is 10.8. The number of nitrogens with zero attached hydrogens (tertiary/aromatic N) is 2. The van der Waals surface area contributed by atoms with E-state index in [4.69, 9.17) is 9.47 Å². The molecule has 4 aliphatic rings. The van der Waals surface area contributed by atoms with Crippen LogP contribution in [0.25, 0.3) is 0 Å². The molecule has 18 heavy (non-hydrogen) atoms. The molecule has 0 aromatic heterocycles. The van der Waals surface area contributed by atoms with Crippen LogP contribution >= 0.6 is 0 Å². The summed E-state index contributed by atoms with van der Waals surface area (Å²) in [6.07, 6.45) is 2.70. The van der Waals surface area contributed by atoms with Crippen LogP contribution in [0.4, 0.5) is 4.79 Å². The topological polar surface area (TPSA) is 54.0 Å². The van der Waals surface area contributed by atoms with E-state index >= 15 is 0 Å². The van der Waals surface area contributed by atoms with Gasteiger partial charge in [0.25, 0.3) is 0 Å². The minimum absolute atomic E-state index is 0.0491. The van der Waals surface area contributed by atoms with Crippen molar-refractivity contribution in [2.75, 3.05) is 33.4 Å². The van der Waals surface area contributed by atoms with Crippen LogP contribution in [0, 0.1) is 0 Å². The van der Waals surface area contributed by atoms with E-state index < -0.39 is 0 Å². The molecule has 2 unspecified atom stereocenters. The monoisotopic (exact) mass is 255 g/mol. The van der Waals surface area contributed by atoms with Crippen LogP contribution in [-0.2, 0) is 9.47 Å². The van der Waals surface area contributed by atoms with Crippen LogP contribution in [-0.4, -0.2) is 67.5 Å². The minimum atomic E-state index is -0.126. The van der Waals surface area contributed by atoms with Crippen LogP contribution in [0.5, 0.6) is 0 Å². The molecule has 0 radical (unpaired) electrons. The Bertz CT molecular complexity index is 308. The van der Waals surface area contributed by atoms with Gasteiger partial charge in [-0.25, -0.2) is 9.80 Å². The van der Waals surface area contributed by atoms with Crippen molar-refractivity contribution in [1.29, 1.82) is 0 Å². The van der Waals surface area contributed by atoms with E-state index in [1.54, 1.807) is 0 Å². The lowest BCUT2D eigenvalue weighted by Gasteiger charge is -2.55. The maximum absolute atomic E-state index is 12.1. The van der Waals surface area contributed by atoms with Gasteiger partial charge in [0.05, 0.1) is 25.3 Å². The summed E-state index contributed by atoms with van der Waals surface area (Å²) in [7, 11) is 1.93. The summed E-state index contributed by atoms with van der Waals surface area (Å²) in [6.45, 7) is 3.21. The first-order chi connectivity index (χ1) is 8.78. The molecule has 1 N–H and O–H groups in total. The molecular weight excluding hydrogens is 234 g/mol. The summed E-state index contributed by atoms with van der Waals surface area (Å²) in [5, 5.41) is 2.16. The largest absolute Gasteiger partial charge is 0.446 e. The molecule has 2 atom stereocenters. The number of ether oxygens (including phenoxy) is 2. The summed E-state index contributed by atoms with van der Waals surface area (Å²) in [5.41, 5.74) is 3.14. The van der Waals surface area contributed by atoms with Crippen molar-refractivity contribution < 1.29 is 14.3 Å². The summed E-state index contributed by atoms with van der Waals surface area (Å²) in [6, 6.07) is 0.645. The molecule has 0 aromatic rings. The molecule has 0 spiro atoms. The highest BCUT2D eigenvalue weighted by Gasteiger charge is 2.48. The van der Waals surface area contributed by atoms with Gasteiger partial charge in [0.2, 0.25) is 0 Å². The number of hydrogen-bond acceptors (Lipinski definition) is 5. The van der Waals surface area contributed by atoms with E-state index in [0.717, 1.165) is 32.4 Å². The van der Waals surface area contributed by atoms with Gasteiger partial charge < -0.3 is 9.47 Å². The van der Waals surface area contributed by atoms with E-state index in [1.165, 1.54) is 0 Å². The normalized spacial score (nSPS) is 33.1. The van der Waals surface area contributed by atoms with E-state index in [9.17, 15) is 4.79 Å². The molecule has 4 heterocycles. The Balaban J connectivity index is 1.51. The SMILES string of the molecule is CNN1CC2CC(C1)N2C(=O)OC1CCOCC1. The van der Waals surface area contributed by atoms with Gasteiger partial charge in [0.15, 0.2) is 0 Å². The lowest BCUT2D eigenvalue weighted by Crippen LogP contribution is -2.71. The number of fused-ring (bicyclic) bond motifs is 2. The number of hydrazine groups is 1. The number of carbonyl (C=O) groups is 1. The zero-order chi connectivity index (χ0) is 12.5. The van der Waals surface area contributed by atoms with Crippen molar-refractivity contribution >= 4 is 6.09 Å². The number of hydrogen-bond donors (Lipinski definition) is 1. The second-order valence-electron chi connectivity index (χ2n) is 5.27. The van der Waals surface area contributed by atoms with Gasteiger partial charge >= 0.3 is 6.09 Å². The molecule has 6 heteroatoms. The fourth-order valence-corrected chi connectivity index (χ4v) is 3.09. The molecule has 4 rings (SSSR count). The van der Waals surface area contributed by atoms with Crippen molar-refractivity contribution in [3.05, 3.63) is 0 Å². The lowest BCUT2D eigenvalue weighted by atomic mass is 9.89. The first kappa shape index (κ1) is 12.2. The molecule has 2 bridgehead atoms. The van der Waals surface area contributed by atoms with Gasteiger partial charge in [-0.1, -0.05) is 0 Å². The standard InChI is InChI=1S/C12H21N3O3/c1-13-14-7-9-6-10(8-14)15(9)12(16)18-11-2-4-17-5-3-11/h9-11,13H,2-8H2,1H3. The van der Waals surface area contributed by atoms with E-state index in [1.807, 2.05) is 11.9 Å². The average molecular weight is 255 g/mol. The van der Waals surface area contributed by atoms with Gasteiger partial charge in [0.1, 0.15) is 6.10 Å². The van der Waals surface area contributed by atoms with Gasteiger partial charge in [-0.2, -0.15) is 0 Å². The molecular formula is C12H21N3O3. The van der Waals surface area contributed by atoms with Gasteiger partial charge in [-0.05, 0) is 13.5 Å². The number of carbonyl (C=O) groups excluding carboxylic acids is 1. The fraction of sp³-hybridized carbons (Fsp3) is 0.917. The summed E-state index contributed by atoms with van der Waals surface area (Å²) in [5.74, 6) is 0. The van der Waals surface area contributed by atoms with Crippen LogP contribution < -0.4 is 5.43 Å². The van der Waals surface area contributed by atoms with E-state index in [2.05, 4.69) is 10.4 Å². The Kier molecular flexibility index (Phi) is 3.41. The third-order valence-electron chi connectivity index (χ3n) is 4.16. The predicted octanol–water partition coefficient (Wildman–Crippen LogP) is 0.195. The third-order valence-corrected chi connectivity index (χ3v) is 4.16. The van der Waals surface area contributed by atoms with Gasteiger partial charge in [0, 0.05) is 25.9 Å². The average Bonchev–Trinajstić information content (AvgIpc) is 2.39. The number of nitrogens with one attached hydrogen (secondary N) is 1. The first-order valence-corrected chi connectivity index (χ1v) is 6.77. The molecule has 0 aromatic carbocycles. The van der Waals surface area contributed by atoms with Crippen molar-refractivity contribution in [3.8, 4) is 0 Å². The molecule has 4 aliphatic heterocycles. The maximum atomic E-state index is 12.1. The first-order valence-electron chi connectivity index (χ1n) is 6.77. The second kappa shape index (κ2) is 5.03. The molecule has 4 fully saturated rings. The molecule has 1 amide bonds. The Hall–Kier alpha value is -0.850. The highest BCUT2D eigenvalue weighted by atomic mass is 16.6. The van der Waals surface area contributed by atoms with Gasteiger partial charge in [-0.15, -0.1) is 0 Å². The lowest BCUT2D eigenvalue weighted by molar-refractivity contribution is -0.0868. The highest BCUT2D eigenvalue weighted by molar-refractivity contribution is 5.70. The van der Waals surface area contributed by atoms with E-state index in [-0.39, 0.29) is 12.2 Å². The third kappa shape index (κ3) is 2.20. The molecule has 0 saturated carbocycles. The molecule has 102 valence electrons. The Morgan fingerprint density at radius 1 is 1.28 bits per heavy atom. The highest BCUT2D eigenvalue weighted by Crippen LogP contribution is 2.32. The second-order valence-corrected chi connectivity index (χ2v) is 5.27. The van der Waals surface area contributed by atoms with Crippen LogP contribution in [0.3, 0.4) is 0 Å². The predicted molar refractivity (Wildman–Crippen MR) is 65.0 cm³/mol. The number of rotatable bonds is 2. The summed E-state index contributed by atoms with van der Waals surface area (Å²) in [4.78, 5) is 14.0. The molecule has 0 aliphatic carbocycles. The fourth-order valence-electron chi connectivity index (χ4n) is 3.09. The quantitative estimate of drug-likeness (QED) is 0.763.